The summed E-state index contributed by atoms with van der Waals surface area (Å²) >= 11 is 0.267. The maximum Gasteiger partial charge on any atom is 0.0399 e. The van der Waals surface area contributed by atoms with Gasteiger partial charge in [-0.1, -0.05) is 25.1 Å². The molecule has 0 amide bonds. The molecule has 0 saturated heterocycles. The van der Waals surface area contributed by atoms with E-state index in [0.717, 1.165) is 13.1 Å². The van der Waals surface area contributed by atoms with E-state index >= 15 is 0 Å². The number of alkyl halides is 1. The minimum absolute atomic E-state index is 0.267. The molecule has 3 heteroatoms. The summed E-state index contributed by atoms with van der Waals surface area (Å²) < 4.78 is 3.05. The Kier molecular flexibility index (Phi) is 5.82. The van der Waals surface area contributed by atoms with E-state index in [0.29, 0.717) is 0 Å². The monoisotopic (exact) mass is 372 g/mol. The van der Waals surface area contributed by atoms with Gasteiger partial charge in [0.2, 0.25) is 0 Å². The van der Waals surface area contributed by atoms with Crippen molar-refractivity contribution in [1.82, 2.24) is 4.90 Å². The molecule has 1 aromatic rings. The van der Waals surface area contributed by atoms with E-state index in [9.17, 15) is 0 Å². The van der Waals surface area contributed by atoms with Crippen LogP contribution >= 0.6 is 20.7 Å². The normalized spacial score (nSPS) is 15.6. The first-order valence-corrected chi connectivity index (χ1v) is 9.79. The topological polar surface area (TPSA) is 6.48 Å². The predicted molar refractivity (Wildman–Crippen MR) is 94.8 cm³/mol. The second-order valence-electron chi connectivity index (χ2n) is 5.11. The summed E-state index contributed by atoms with van der Waals surface area (Å²) in [4.78, 5) is 5.02. The van der Waals surface area contributed by atoms with E-state index in [2.05, 4.69) is 55.0 Å². The van der Waals surface area contributed by atoms with Crippen LogP contribution in [0.25, 0.3) is 0 Å². The largest absolute Gasteiger partial charge is 0.370 e. The van der Waals surface area contributed by atoms with Crippen molar-refractivity contribution in [2.75, 3.05) is 36.0 Å². The zero-order valence-electron chi connectivity index (χ0n) is 12.3. The predicted octanol–water partition coefficient (Wildman–Crippen LogP) is 3.51. The van der Waals surface area contributed by atoms with Crippen LogP contribution in [0.5, 0.6) is 0 Å². The molecule has 0 spiro atoms. The Hall–Kier alpha value is -0.420. The number of fused-ring (bicyclic) bond motifs is 1. The lowest BCUT2D eigenvalue weighted by Gasteiger charge is -2.24. The van der Waals surface area contributed by atoms with Crippen LogP contribution < -0.4 is 4.90 Å². The smallest absolute Gasteiger partial charge is 0.0399 e. The van der Waals surface area contributed by atoms with E-state index in [-0.39, 0.29) is 20.7 Å². The third-order valence-corrected chi connectivity index (χ3v) is 7.24. The number of para-hydroxylation sites is 1. The number of benzene rings is 1. The molecule has 0 radical (unpaired) electrons. The van der Waals surface area contributed by atoms with Crippen molar-refractivity contribution in [2.24, 2.45) is 0 Å². The van der Waals surface area contributed by atoms with Gasteiger partial charge in [-0.2, -0.15) is 0 Å². The van der Waals surface area contributed by atoms with Gasteiger partial charge >= 0.3 is 0 Å². The van der Waals surface area contributed by atoms with Gasteiger partial charge in [0.15, 0.2) is 0 Å². The first-order valence-electron chi connectivity index (χ1n) is 7.19. The summed E-state index contributed by atoms with van der Waals surface area (Å²) in [6.45, 7) is 8.11. The Morgan fingerprint density at radius 1 is 1.37 bits per heavy atom. The third kappa shape index (κ3) is 4.02. The highest BCUT2D eigenvalue weighted by Crippen LogP contribution is 2.26. The molecule has 0 atom stereocenters. The Balaban J connectivity index is 1.87. The number of likely N-dealkylation sites (N-methyl/N-ethyl adjacent to an activating group) is 1. The molecular weight excluding hydrogens is 347 g/mol. The first-order chi connectivity index (χ1) is 9.22. The highest BCUT2D eigenvalue weighted by Gasteiger charge is 2.18. The maximum atomic E-state index is 2.54. The molecule has 0 N–H and O–H groups in total. The molecule has 2 nitrogen and oxygen atoms in total. The minimum atomic E-state index is 0.267. The molecule has 1 aliphatic rings. The van der Waals surface area contributed by atoms with Crippen LogP contribution in [-0.4, -0.2) is 39.6 Å². The van der Waals surface area contributed by atoms with Crippen molar-refractivity contribution in [3.05, 3.63) is 29.8 Å². The molecule has 0 bridgehead atoms. The van der Waals surface area contributed by atoms with Gasteiger partial charge in [-0.15, -0.1) is 20.7 Å². The Bertz CT molecular complexity index is 442. The molecule has 1 heterocycles. The lowest BCUT2D eigenvalue weighted by Crippen LogP contribution is -2.34. The highest BCUT2D eigenvalue weighted by atomic mass is 127. The van der Waals surface area contributed by atoms with Crippen molar-refractivity contribution >= 4 is 30.1 Å². The van der Waals surface area contributed by atoms with E-state index in [1.54, 1.807) is 3.63 Å². The summed E-state index contributed by atoms with van der Waals surface area (Å²) in [5.74, 6) is 0. The van der Waals surface area contributed by atoms with Crippen LogP contribution in [0.15, 0.2) is 24.3 Å². The number of rotatable bonds is 6. The van der Waals surface area contributed by atoms with Gasteiger partial charge in [0.25, 0.3) is 0 Å². The van der Waals surface area contributed by atoms with Gasteiger partial charge in [0, 0.05) is 29.0 Å². The number of hydrogen-bond donors (Lipinski definition) is 0. The van der Waals surface area contributed by atoms with Crippen molar-refractivity contribution in [1.29, 1.82) is 0 Å². The average Bonchev–Trinajstić information content (AvgIpc) is 2.85. The second-order valence-corrected chi connectivity index (χ2v) is 8.51. The molecule has 0 fully saturated rings. The molecule has 2 rings (SSSR count). The second kappa shape index (κ2) is 7.39. The van der Waals surface area contributed by atoms with Crippen molar-refractivity contribution < 1.29 is 0 Å². The van der Waals surface area contributed by atoms with Crippen LogP contribution in [-0.2, 0) is 6.42 Å². The summed E-state index contributed by atoms with van der Waals surface area (Å²) in [7, 11) is 2.26. The lowest BCUT2D eigenvalue weighted by molar-refractivity contribution is 0.513. The fourth-order valence-electron chi connectivity index (χ4n) is 2.40. The van der Waals surface area contributed by atoms with Gasteiger partial charge in [0.05, 0.1) is 0 Å². The Morgan fingerprint density at radius 3 is 2.95 bits per heavy atom. The zero-order valence-corrected chi connectivity index (χ0v) is 14.5. The van der Waals surface area contributed by atoms with Crippen LogP contribution in [0.1, 0.15) is 25.8 Å². The molecule has 0 aromatic heterocycles. The van der Waals surface area contributed by atoms with E-state index in [4.69, 9.17) is 0 Å². The minimum Gasteiger partial charge on any atom is -0.370 e. The van der Waals surface area contributed by atoms with Crippen molar-refractivity contribution in [3.8, 4) is 0 Å². The lowest BCUT2D eigenvalue weighted by atomic mass is 10.2. The van der Waals surface area contributed by atoms with E-state index < -0.39 is 0 Å². The van der Waals surface area contributed by atoms with E-state index in [1.165, 1.54) is 35.1 Å². The third-order valence-electron chi connectivity index (χ3n) is 3.69. The average molecular weight is 372 g/mol. The van der Waals surface area contributed by atoms with Gasteiger partial charge in [0.1, 0.15) is 0 Å². The molecule has 19 heavy (non-hydrogen) atoms. The fourth-order valence-corrected chi connectivity index (χ4v) is 4.54. The molecule has 0 unspecified atom stereocenters. The quantitative estimate of drug-likeness (QED) is 0.557. The maximum absolute atomic E-state index is 2.54. The van der Waals surface area contributed by atoms with E-state index in [1.807, 2.05) is 0 Å². The molecule has 1 aromatic carbocycles. The number of halogens is 1. The molecule has 0 aliphatic carbocycles. The van der Waals surface area contributed by atoms with Crippen LogP contribution in [0, 0.1) is 0 Å². The summed E-state index contributed by atoms with van der Waals surface area (Å²) in [5, 5.41) is 0. The number of anilines is 1. The van der Waals surface area contributed by atoms with Gasteiger partial charge in [-0.25, -0.2) is 0 Å². The highest BCUT2D eigenvalue weighted by molar-refractivity contribution is 14.2. The van der Waals surface area contributed by atoms with Crippen LogP contribution in [0.2, 0.25) is 0 Å². The van der Waals surface area contributed by atoms with Crippen LogP contribution in [0.3, 0.4) is 0 Å². The number of nitrogens with zero attached hydrogens (tertiary/aromatic N) is 2. The Labute approximate surface area is 127 Å². The molecule has 0 saturated carbocycles. The fraction of sp³-hybridized carbons (Fsp3) is 0.562. The van der Waals surface area contributed by atoms with Crippen molar-refractivity contribution in [2.45, 2.75) is 26.7 Å². The SMILES string of the molecule is CCCI=C(C)N(C)CCN1CCc2ccccc21. The molecular formula is C16H25IN2. The van der Waals surface area contributed by atoms with Gasteiger partial charge in [-0.3, -0.25) is 4.90 Å². The zero-order chi connectivity index (χ0) is 13.7. The Morgan fingerprint density at radius 2 is 2.16 bits per heavy atom. The van der Waals surface area contributed by atoms with Gasteiger partial charge < -0.3 is 4.90 Å². The molecule has 1 aliphatic heterocycles. The summed E-state index contributed by atoms with van der Waals surface area (Å²) in [5.41, 5.74) is 2.97. The van der Waals surface area contributed by atoms with Crippen molar-refractivity contribution in [3.63, 3.8) is 0 Å². The van der Waals surface area contributed by atoms with Crippen LogP contribution in [0.4, 0.5) is 5.69 Å². The summed E-state index contributed by atoms with van der Waals surface area (Å²) in [6.07, 6.45) is 2.54. The standard InChI is InChI=1S/C16H25IN2/c1-4-10-17-14(2)18(3)12-13-19-11-9-15-7-5-6-8-16(15)19/h5-8H,4,9-13H2,1-3H3. The van der Waals surface area contributed by atoms with Gasteiger partial charge in [-0.05, 0) is 42.9 Å². The number of hydrogen-bond acceptors (Lipinski definition) is 2. The summed E-state index contributed by atoms with van der Waals surface area (Å²) in [6, 6.07) is 8.85. The first kappa shape index (κ1) is 15.0. The molecule has 106 valence electrons.